The molecule has 0 bridgehead atoms. The lowest BCUT2D eigenvalue weighted by Crippen LogP contribution is -2.46. The Morgan fingerprint density at radius 2 is 2.20 bits per heavy atom. The molecule has 1 unspecified atom stereocenters. The van der Waals surface area contributed by atoms with E-state index in [1.807, 2.05) is 11.6 Å². The fourth-order valence-electron chi connectivity index (χ4n) is 2.59. The summed E-state index contributed by atoms with van der Waals surface area (Å²) in [5.74, 6) is 0.838. The number of likely N-dealkylation sites (tertiary alicyclic amines) is 1. The van der Waals surface area contributed by atoms with Crippen LogP contribution < -0.4 is 5.32 Å². The molecule has 114 valence electrons. The highest BCUT2D eigenvalue weighted by Crippen LogP contribution is 2.22. The number of β-amino-alcohol motifs (C(OH)–C–C–N with tert-alkyl or cyclic N) is 1. The van der Waals surface area contributed by atoms with Gasteiger partial charge < -0.3 is 15.3 Å². The number of piperidine rings is 1. The van der Waals surface area contributed by atoms with E-state index in [1.54, 1.807) is 11.3 Å². The number of aliphatic hydroxyl groups excluding tert-OH is 1. The van der Waals surface area contributed by atoms with Crippen molar-refractivity contribution in [1.29, 1.82) is 0 Å². The summed E-state index contributed by atoms with van der Waals surface area (Å²) in [4.78, 5) is 6.73. The van der Waals surface area contributed by atoms with Crippen LogP contribution in [0.2, 0.25) is 0 Å². The smallest absolute Gasteiger partial charge is 0.112 e. The fraction of sp³-hybridized carbons (Fsp3) is 0.800. The van der Waals surface area contributed by atoms with Crippen LogP contribution in [0.4, 0.5) is 0 Å². The summed E-state index contributed by atoms with van der Waals surface area (Å²) in [7, 11) is 0. The summed E-state index contributed by atoms with van der Waals surface area (Å²) >= 11 is 1.65. The average Bonchev–Trinajstić information content (AvgIpc) is 2.94. The van der Waals surface area contributed by atoms with Crippen LogP contribution in [0.1, 0.15) is 38.6 Å². The molecule has 2 heterocycles. The molecular weight excluding hydrogens is 270 g/mol. The molecule has 0 radical (unpaired) electrons. The zero-order valence-electron chi connectivity index (χ0n) is 12.8. The van der Waals surface area contributed by atoms with Gasteiger partial charge in [-0.25, -0.2) is 4.98 Å². The van der Waals surface area contributed by atoms with Gasteiger partial charge in [-0.3, -0.25) is 0 Å². The van der Waals surface area contributed by atoms with Gasteiger partial charge >= 0.3 is 0 Å². The van der Waals surface area contributed by atoms with E-state index in [-0.39, 0.29) is 11.6 Å². The maximum atomic E-state index is 10.2. The summed E-state index contributed by atoms with van der Waals surface area (Å²) < 4.78 is 0. The van der Waals surface area contributed by atoms with Crippen LogP contribution in [0, 0.1) is 5.92 Å². The first kappa shape index (κ1) is 15.9. The molecule has 20 heavy (non-hydrogen) atoms. The van der Waals surface area contributed by atoms with Crippen molar-refractivity contribution in [2.24, 2.45) is 5.92 Å². The Balaban J connectivity index is 1.73. The third-order valence-electron chi connectivity index (χ3n) is 4.09. The van der Waals surface area contributed by atoms with Gasteiger partial charge in [-0.15, -0.1) is 11.3 Å². The Morgan fingerprint density at radius 1 is 1.50 bits per heavy atom. The largest absolute Gasteiger partial charge is 0.390 e. The quantitative estimate of drug-likeness (QED) is 0.844. The predicted octanol–water partition coefficient (Wildman–Crippen LogP) is 2.06. The number of nitrogens with zero attached hydrogens (tertiary/aromatic N) is 2. The molecule has 1 aromatic heterocycles. The van der Waals surface area contributed by atoms with Crippen LogP contribution in [0.25, 0.3) is 0 Å². The van der Waals surface area contributed by atoms with Crippen LogP contribution in [-0.4, -0.2) is 47.3 Å². The molecule has 2 rings (SSSR count). The molecule has 2 N–H and O–H groups in total. The Morgan fingerprint density at radius 3 is 2.80 bits per heavy atom. The molecule has 0 spiro atoms. The predicted molar refractivity (Wildman–Crippen MR) is 84.0 cm³/mol. The summed E-state index contributed by atoms with van der Waals surface area (Å²) in [6.45, 7) is 10.2. The van der Waals surface area contributed by atoms with Crippen molar-refractivity contribution in [3.05, 3.63) is 16.6 Å². The van der Waals surface area contributed by atoms with E-state index in [9.17, 15) is 5.11 Å². The second-order valence-electron chi connectivity index (χ2n) is 6.48. The number of hydrogen-bond donors (Lipinski definition) is 2. The van der Waals surface area contributed by atoms with E-state index in [0.717, 1.165) is 30.6 Å². The first-order chi connectivity index (χ1) is 9.47. The van der Waals surface area contributed by atoms with Crippen molar-refractivity contribution in [3.63, 3.8) is 0 Å². The molecule has 0 aliphatic carbocycles. The number of nitrogens with one attached hydrogen (secondary N) is 1. The summed E-state index contributed by atoms with van der Waals surface area (Å²) in [6, 6.07) is 0. The molecule has 0 amide bonds. The first-order valence-electron chi connectivity index (χ1n) is 7.53. The standard InChI is InChI=1S/C15H27N3OS/c1-12-4-7-18(8-5-12)11-13(19)10-17-15(2,3)14-16-6-9-20-14/h6,9,12-13,17,19H,4-5,7-8,10-11H2,1-3H3. The van der Waals surface area contributed by atoms with Gasteiger partial charge in [0.05, 0.1) is 11.6 Å². The van der Waals surface area contributed by atoms with Crippen molar-refractivity contribution in [1.82, 2.24) is 15.2 Å². The van der Waals surface area contributed by atoms with Crippen molar-refractivity contribution in [3.8, 4) is 0 Å². The molecule has 1 atom stereocenters. The Bertz CT molecular complexity index is 386. The zero-order chi connectivity index (χ0) is 14.6. The second kappa shape index (κ2) is 6.98. The molecule has 1 saturated heterocycles. The lowest BCUT2D eigenvalue weighted by Gasteiger charge is -2.32. The SMILES string of the molecule is CC1CCN(CC(O)CNC(C)(C)c2nccs2)CC1. The van der Waals surface area contributed by atoms with E-state index >= 15 is 0 Å². The average molecular weight is 297 g/mol. The molecule has 1 aliphatic heterocycles. The van der Waals surface area contributed by atoms with Crippen LogP contribution in [0.3, 0.4) is 0 Å². The van der Waals surface area contributed by atoms with E-state index in [2.05, 4.69) is 36.0 Å². The second-order valence-corrected chi connectivity index (χ2v) is 7.37. The maximum Gasteiger partial charge on any atom is 0.112 e. The van der Waals surface area contributed by atoms with Gasteiger partial charge in [0.1, 0.15) is 5.01 Å². The van der Waals surface area contributed by atoms with Crippen molar-refractivity contribution in [2.75, 3.05) is 26.2 Å². The van der Waals surface area contributed by atoms with Crippen LogP contribution in [0.5, 0.6) is 0 Å². The highest BCUT2D eigenvalue weighted by atomic mass is 32.1. The van der Waals surface area contributed by atoms with Gasteiger partial charge in [-0.1, -0.05) is 6.92 Å². The van der Waals surface area contributed by atoms with Crippen molar-refractivity contribution >= 4 is 11.3 Å². The Hall–Kier alpha value is -0.490. The van der Waals surface area contributed by atoms with E-state index in [0.29, 0.717) is 6.54 Å². The molecule has 5 heteroatoms. The summed E-state index contributed by atoms with van der Waals surface area (Å²) in [5, 5.41) is 16.7. The van der Waals surface area contributed by atoms with Gasteiger partial charge in [-0.2, -0.15) is 0 Å². The lowest BCUT2D eigenvalue weighted by molar-refractivity contribution is 0.0854. The molecule has 1 aromatic rings. The van der Waals surface area contributed by atoms with E-state index in [4.69, 9.17) is 0 Å². The zero-order valence-corrected chi connectivity index (χ0v) is 13.6. The monoisotopic (exact) mass is 297 g/mol. The number of hydrogen-bond acceptors (Lipinski definition) is 5. The third-order valence-corrected chi connectivity index (χ3v) is 5.19. The molecule has 1 aliphatic rings. The number of aliphatic hydroxyl groups is 1. The van der Waals surface area contributed by atoms with E-state index in [1.165, 1.54) is 12.8 Å². The Kier molecular flexibility index (Phi) is 5.55. The summed E-state index contributed by atoms with van der Waals surface area (Å²) in [6.07, 6.45) is 4.02. The van der Waals surface area contributed by atoms with Gasteiger partial charge in [-0.05, 0) is 45.7 Å². The lowest BCUT2D eigenvalue weighted by atomic mass is 9.99. The topological polar surface area (TPSA) is 48.4 Å². The van der Waals surface area contributed by atoms with Crippen molar-refractivity contribution in [2.45, 2.75) is 45.3 Å². The van der Waals surface area contributed by atoms with Crippen LogP contribution in [-0.2, 0) is 5.54 Å². The van der Waals surface area contributed by atoms with Gasteiger partial charge in [0, 0.05) is 24.7 Å². The molecule has 1 fully saturated rings. The minimum absolute atomic E-state index is 0.175. The maximum absolute atomic E-state index is 10.2. The van der Waals surface area contributed by atoms with E-state index < -0.39 is 0 Å². The number of rotatable bonds is 6. The fourth-order valence-corrected chi connectivity index (χ4v) is 3.33. The minimum atomic E-state index is -0.317. The van der Waals surface area contributed by atoms with Crippen LogP contribution >= 0.6 is 11.3 Å². The third kappa shape index (κ3) is 4.52. The molecular formula is C15H27N3OS. The van der Waals surface area contributed by atoms with Gasteiger partial charge in [0.15, 0.2) is 0 Å². The number of thiazole rings is 1. The van der Waals surface area contributed by atoms with Crippen LogP contribution in [0.15, 0.2) is 11.6 Å². The molecule has 0 aromatic carbocycles. The van der Waals surface area contributed by atoms with Gasteiger partial charge in [0.2, 0.25) is 0 Å². The summed E-state index contributed by atoms with van der Waals surface area (Å²) in [5.41, 5.74) is -0.175. The normalized spacial score (nSPS) is 20.2. The highest BCUT2D eigenvalue weighted by molar-refractivity contribution is 7.09. The molecule has 4 nitrogen and oxygen atoms in total. The Labute approximate surface area is 126 Å². The number of aromatic nitrogens is 1. The first-order valence-corrected chi connectivity index (χ1v) is 8.41. The van der Waals surface area contributed by atoms with Crippen molar-refractivity contribution < 1.29 is 5.11 Å². The van der Waals surface area contributed by atoms with Gasteiger partial charge in [0.25, 0.3) is 0 Å². The highest BCUT2D eigenvalue weighted by Gasteiger charge is 2.24. The molecule has 0 saturated carbocycles. The minimum Gasteiger partial charge on any atom is -0.390 e.